The van der Waals surface area contributed by atoms with Crippen LogP contribution in [0.15, 0.2) is 97.1 Å². The van der Waals surface area contributed by atoms with Crippen molar-refractivity contribution in [3.8, 4) is 11.5 Å². The molecule has 2 N–H and O–H groups in total. The van der Waals surface area contributed by atoms with E-state index in [4.69, 9.17) is 4.74 Å². The Bertz CT molecular complexity index is 1670. The Kier molecular flexibility index (Phi) is 11.4. The third-order valence-electron chi connectivity index (χ3n) is 7.32. The highest BCUT2D eigenvalue weighted by Crippen LogP contribution is 2.26. The zero-order valence-corrected chi connectivity index (χ0v) is 26.3. The molecule has 1 saturated heterocycles. The summed E-state index contributed by atoms with van der Waals surface area (Å²) >= 11 is 0. The average molecular weight is 657 g/mol. The van der Waals surface area contributed by atoms with Crippen LogP contribution < -0.4 is 14.8 Å². The largest absolute Gasteiger partial charge is 0.457 e. The van der Waals surface area contributed by atoms with Gasteiger partial charge in [0.2, 0.25) is 10.0 Å². The number of carbonyl (C=O) groups excluding carboxylic acids is 1. The van der Waals surface area contributed by atoms with Crippen LogP contribution >= 0.6 is 12.4 Å². The molecule has 1 aliphatic rings. The monoisotopic (exact) mass is 656 g/mol. The molecule has 0 unspecified atom stereocenters. The normalized spacial score (nSPS) is 13.8. The third-order valence-corrected chi connectivity index (χ3v) is 7.93. The maximum absolute atomic E-state index is 13.9. The Hall–Kier alpha value is -4.19. The first-order chi connectivity index (χ1) is 21.1. The Morgan fingerprint density at radius 3 is 2.04 bits per heavy atom. The smallest absolute Gasteiger partial charge is 0.322 e. The van der Waals surface area contributed by atoms with Gasteiger partial charge in [0.25, 0.3) is 0 Å². The van der Waals surface area contributed by atoms with Gasteiger partial charge in [-0.25, -0.2) is 22.0 Å². The number of amides is 2. The van der Waals surface area contributed by atoms with Gasteiger partial charge in [-0.1, -0.05) is 24.3 Å². The average Bonchev–Trinajstić information content (AvgIpc) is 2.99. The van der Waals surface area contributed by atoms with Crippen molar-refractivity contribution in [1.29, 1.82) is 0 Å². The summed E-state index contributed by atoms with van der Waals surface area (Å²) in [6.45, 7) is 2.55. The number of ether oxygens (including phenoxy) is 1. The highest BCUT2D eigenvalue weighted by atomic mass is 35.5. The molecular formula is C33H35ClF2N4O4S. The predicted molar refractivity (Wildman–Crippen MR) is 174 cm³/mol. The van der Waals surface area contributed by atoms with Crippen molar-refractivity contribution in [1.82, 2.24) is 9.80 Å². The van der Waals surface area contributed by atoms with E-state index in [9.17, 15) is 22.0 Å². The van der Waals surface area contributed by atoms with E-state index in [1.165, 1.54) is 36.4 Å². The number of nitrogens with zero attached hydrogens (tertiary/aromatic N) is 2. The number of benzene rings is 4. The first-order valence-corrected chi connectivity index (χ1v) is 16.1. The fourth-order valence-electron chi connectivity index (χ4n) is 5.18. The van der Waals surface area contributed by atoms with E-state index in [0.717, 1.165) is 44.3 Å². The minimum absolute atomic E-state index is 0. The second kappa shape index (κ2) is 15.2. The number of piperidine rings is 1. The third kappa shape index (κ3) is 10.2. The van der Waals surface area contributed by atoms with Crippen LogP contribution in [0, 0.1) is 11.6 Å². The van der Waals surface area contributed by atoms with Gasteiger partial charge in [0.1, 0.15) is 23.1 Å². The van der Waals surface area contributed by atoms with Crippen LogP contribution in [-0.4, -0.2) is 49.6 Å². The molecule has 0 bridgehead atoms. The van der Waals surface area contributed by atoms with Crippen LogP contribution in [0.2, 0.25) is 0 Å². The van der Waals surface area contributed by atoms with E-state index >= 15 is 0 Å². The zero-order chi connectivity index (χ0) is 31.1. The van der Waals surface area contributed by atoms with Crippen molar-refractivity contribution >= 4 is 39.8 Å². The highest BCUT2D eigenvalue weighted by molar-refractivity contribution is 7.92. The molecule has 5 rings (SSSR count). The number of sulfonamides is 1. The lowest BCUT2D eigenvalue weighted by Gasteiger charge is -2.38. The molecule has 0 spiro atoms. The molecule has 4 aromatic rings. The second-order valence-electron chi connectivity index (χ2n) is 10.8. The molecule has 1 fully saturated rings. The molecule has 0 aliphatic carbocycles. The van der Waals surface area contributed by atoms with Crippen molar-refractivity contribution in [3.63, 3.8) is 0 Å². The number of likely N-dealkylation sites (tertiary alicyclic amines) is 1. The number of hydrogen-bond acceptors (Lipinski definition) is 5. The number of rotatable bonds is 10. The van der Waals surface area contributed by atoms with Crippen LogP contribution in [0.5, 0.6) is 11.5 Å². The quantitative estimate of drug-likeness (QED) is 0.188. The minimum Gasteiger partial charge on any atom is -0.457 e. The van der Waals surface area contributed by atoms with Crippen molar-refractivity contribution in [2.24, 2.45) is 0 Å². The lowest BCUT2D eigenvalue weighted by atomic mass is 10.0. The highest BCUT2D eigenvalue weighted by Gasteiger charge is 2.28. The Morgan fingerprint density at radius 1 is 0.844 bits per heavy atom. The number of anilines is 2. The zero-order valence-electron chi connectivity index (χ0n) is 24.7. The molecule has 0 atom stereocenters. The van der Waals surface area contributed by atoms with Gasteiger partial charge >= 0.3 is 6.03 Å². The molecule has 1 heterocycles. The molecule has 12 heteroatoms. The van der Waals surface area contributed by atoms with Gasteiger partial charge in [0, 0.05) is 43.6 Å². The van der Waals surface area contributed by atoms with Gasteiger partial charge in [-0.15, -0.1) is 12.4 Å². The first kappa shape index (κ1) is 33.7. The summed E-state index contributed by atoms with van der Waals surface area (Å²) in [6, 6.07) is 26.0. The second-order valence-corrected chi connectivity index (χ2v) is 12.6. The van der Waals surface area contributed by atoms with Crippen molar-refractivity contribution < 1.29 is 26.7 Å². The predicted octanol–water partition coefficient (Wildman–Crippen LogP) is 7.25. The molecule has 0 aromatic heterocycles. The van der Waals surface area contributed by atoms with E-state index in [2.05, 4.69) is 14.9 Å². The van der Waals surface area contributed by atoms with Crippen LogP contribution in [0.3, 0.4) is 0 Å². The Morgan fingerprint density at radius 2 is 1.44 bits per heavy atom. The van der Waals surface area contributed by atoms with Gasteiger partial charge in [-0.05, 0) is 96.8 Å². The summed E-state index contributed by atoms with van der Waals surface area (Å²) in [6.07, 6.45) is 2.59. The molecule has 0 saturated carbocycles. The standard InChI is InChI=1S/C33H34F2N4O4S.ClH/c1-44(41,42)37-29-11-15-32(16-12-29)43-31-13-5-24(6-14-31)22-38-19-17-30(18-20-38)39(23-25-3-2-4-27(35)21-25)33(40)36-28-9-7-26(34)8-10-28;/h2-16,21,30,37H,17-20,22-23H2,1H3,(H,36,40);1H. The minimum atomic E-state index is -3.34. The van der Waals surface area contributed by atoms with E-state index in [1.54, 1.807) is 41.3 Å². The van der Waals surface area contributed by atoms with Crippen LogP contribution in [0.4, 0.5) is 25.0 Å². The summed E-state index contributed by atoms with van der Waals surface area (Å²) in [5.41, 5.74) is 2.77. The van der Waals surface area contributed by atoms with E-state index in [0.29, 0.717) is 28.4 Å². The molecular weight excluding hydrogens is 622 g/mol. The first-order valence-electron chi connectivity index (χ1n) is 14.2. The number of nitrogens with one attached hydrogen (secondary N) is 2. The number of halogens is 3. The maximum atomic E-state index is 13.9. The number of hydrogen-bond donors (Lipinski definition) is 2. The molecule has 45 heavy (non-hydrogen) atoms. The van der Waals surface area contributed by atoms with Crippen LogP contribution in [0.1, 0.15) is 24.0 Å². The fraction of sp³-hybridized carbons (Fsp3) is 0.242. The summed E-state index contributed by atoms with van der Waals surface area (Å²) in [4.78, 5) is 17.4. The maximum Gasteiger partial charge on any atom is 0.322 e. The van der Waals surface area contributed by atoms with Crippen molar-refractivity contribution in [2.75, 3.05) is 29.4 Å². The summed E-state index contributed by atoms with van der Waals surface area (Å²) in [5, 5.41) is 2.86. The summed E-state index contributed by atoms with van der Waals surface area (Å²) < 4.78 is 58.4. The van der Waals surface area contributed by atoms with Gasteiger partial charge in [-0.3, -0.25) is 9.62 Å². The van der Waals surface area contributed by atoms with Crippen LogP contribution in [0.25, 0.3) is 0 Å². The Labute approximate surface area is 268 Å². The van der Waals surface area contributed by atoms with Gasteiger partial charge in [0.05, 0.1) is 6.26 Å². The topological polar surface area (TPSA) is 91.0 Å². The van der Waals surface area contributed by atoms with Gasteiger partial charge in [-0.2, -0.15) is 0 Å². The molecule has 1 aliphatic heterocycles. The number of carbonyl (C=O) groups is 1. The summed E-state index contributed by atoms with van der Waals surface area (Å²) in [5.74, 6) is 0.513. The fourth-order valence-corrected chi connectivity index (χ4v) is 5.74. The lowest BCUT2D eigenvalue weighted by molar-refractivity contribution is 0.119. The molecule has 0 radical (unpaired) electrons. The van der Waals surface area contributed by atoms with Gasteiger partial charge < -0.3 is 15.0 Å². The SMILES string of the molecule is CS(=O)(=O)Nc1ccc(Oc2ccc(CN3CCC(N(Cc4cccc(F)c4)C(=O)Nc4ccc(F)cc4)CC3)cc2)cc1.Cl. The molecule has 8 nitrogen and oxygen atoms in total. The molecule has 2 amide bonds. The van der Waals surface area contributed by atoms with Crippen molar-refractivity contribution in [2.45, 2.75) is 32.0 Å². The molecule has 238 valence electrons. The summed E-state index contributed by atoms with van der Waals surface area (Å²) in [7, 11) is -3.34. The van der Waals surface area contributed by atoms with E-state index < -0.39 is 10.0 Å². The van der Waals surface area contributed by atoms with Gasteiger partial charge in [0.15, 0.2) is 0 Å². The van der Waals surface area contributed by atoms with Crippen molar-refractivity contribution in [3.05, 3.63) is 120 Å². The van der Waals surface area contributed by atoms with Crippen LogP contribution in [-0.2, 0) is 23.1 Å². The molecule has 4 aromatic carbocycles. The Balaban J connectivity index is 0.00000461. The lowest BCUT2D eigenvalue weighted by Crippen LogP contribution is -2.48. The number of urea groups is 1. The van der Waals surface area contributed by atoms with E-state index in [-0.39, 0.29) is 42.7 Å². The van der Waals surface area contributed by atoms with E-state index in [1.807, 2.05) is 24.3 Å².